The monoisotopic (exact) mass is 670 g/mol. The number of carbonyl (C=O) groups excluding carboxylic acids is 1. The topological polar surface area (TPSA) is 165 Å². The van der Waals surface area contributed by atoms with Gasteiger partial charge in [0.2, 0.25) is 0 Å². The van der Waals surface area contributed by atoms with Gasteiger partial charge in [0.1, 0.15) is 6.61 Å². The third-order valence-corrected chi connectivity index (χ3v) is 6.16. The van der Waals surface area contributed by atoms with E-state index < -0.39 is 5.97 Å². The molecule has 0 aromatic carbocycles. The van der Waals surface area contributed by atoms with Crippen LogP contribution >= 0.6 is 0 Å². The average molecular weight is 671 g/mol. The Morgan fingerprint density at radius 1 is 0.500 bits per heavy atom. The van der Waals surface area contributed by atoms with Crippen molar-refractivity contribution < 1.29 is 71.5 Å². The number of ether oxygens (including phenoxy) is 12. The van der Waals surface area contributed by atoms with Crippen LogP contribution in [0.3, 0.4) is 0 Å². The van der Waals surface area contributed by atoms with Gasteiger partial charge in [-0.15, -0.1) is 0 Å². The number of unbranched alkanes of at least 4 members (excludes halogenated alkanes) is 1. The number of rotatable bonds is 36. The Morgan fingerprint density at radius 3 is 1.24 bits per heavy atom. The summed E-state index contributed by atoms with van der Waals surface area (Å²) in [6.45, 7) is 9.96. The summed E-state index contributed by atoms with van der Waals surface area (Å²) in [5.41, 5.74) is 0. The smallest absolute Gasteiger partial charge is 0.305 e. The van der Waals surface area contributed by atoms with Crippen molar-refractivity contribution in [2.24, 2.45) is 0 Å². The van der Waals surface area contributed by atoms with Crippen molar-refractivity contribution in [3.63, 3.8) is 0 Å². The molecule has 0 amide bonds. The molecular formula is C31H58O15. The van der Waals surface area contributed by atoms with Crippen LogP contribution in [0.5, 0.6) is 0 Å². The van der Waals surface area contributed by atoms with Gasteiger partial charge in [-0.1, -0.05) is 0 Å². The maximum atomic E-state index is 11.5. The van der Waals surface area contributed by atoms with Gasteiger partial charge in [-0.25, -0.2) is 0 Å². The summed E-state index contributed by atoms with van der Waals surface area (Å²) in [5, 5.41) is 8.54. The van der Waals surface area contributed by atoms with Crippen LogP contribution in [-0.2, 0) is 66.4 Å². The molecule has 0 aromatic rings. The van der Waals surface area contributed by atoms with E-state index in [1.54, 1.807) is 0 Å². The van der Waals surface area contributed by atoms with Crippen LogP contribution in [0.15, 0.2) is 0 Å². The molecule has 1 atom stereocenters. The SMILES string of the molecule is O=C(O)CCCCC(=O)OCCOCCOCCOCCOCCOCCOCCOCCOCCOCCOC1CCCCO1. The molecule has 0 radical (unpaired) electrons. The van der Waals surface area contributed by atoms with Crippen molar-refractivity contribution in [2.75, 3.05) is 139 Å². The van der Waals surface area contributed by atoms with Crippen LogP contribution in [0.1, 0.15) is 44.9 Å². The molecule has 0 aliphatic carbocycles. The standard InChI is InChI=1S/C31H58O15/c32-29(33)5-1-2-6-30(34)44-27-25-42-23-21-40-19-17-38-15-13-36-11-9-35-10-12-37-14-16-39-18-20-41-22-24-43-26-28-46-31-7-3-4-8-45-31/h31H,1-28H2,(H,32,33). The Morgan fingerprint density at radius 2 is 0.870 bits per heavy atom. The minimum absolute atomic E-state index is 0.0610. The molecular weight excluding hydrogens is 612 g/mol. The Hall–Kier alpha value is -1.50. The van der Waals surface area contributed by atoms with E-state index in [4.69, 9.17) is 61.9 Å². The largest absolute Gasteiger partial charge is 0.481 e. The summed E-state index contributed by atoms with van der Waals surface area (Å²) in [4.78, 5) is 21.9. The van der Waals surface area contributed by atoms with E-state index in [1.807, 2.05) is 0 Å². The highest BCUT2D eigenvalue weighted by molar-refractivity contribution is 5.69. The number of carboxylic acids is 1. The van der Waals surface area contributed by atoms with E-state index >= 15 is 0 Å². The van der Waals surface area contributed by atoms with Crippen LogP contribution in [0.2, 0.25) is 0 Å². The fourth-order valence-electron chi connectivity index (χ4n) is 3.77. The predicted octanol–water partition coefficient (Wildman–Crippen LogP) is 1.87. The maximum absolute atomic E-state index is 11.5. The predicted molar refractivity (Wildman–Crippen MR) is 164 cm³/mol. The van der Waals surface area contributed by atoms with Gasteiger partial charge in [0.05, 0.1) is 126 Å². The van der Waals surface area contributed by atoms with Gasteiger partial charge < -0.3 is 61.9 Å². The normalized spacial score (nSPS) is 14.9. The van der Waals surface area contributed by atoms with Crippen molar-refractivity contribution in [2.45, 2.75) is 51.2 Å². The lowest BCUT2D eigenvalue weighted by Gasteiger charge is -2.22. The summed E-state index contributed by atoms with van der Waals surface area (Å²) in [6, 6.07) is 0. The molecule has 0 bridgehead atoms. The molecule has 1 rings (SSSR count). The zero-order valence-corrected chi connectivity index (χ0v) is 27.5. The van der Waals surface area contributed by atoms with E-state index in [0.717, 1.165) is 25.9 Å². The summed E-state index contributed by atoms with van der Waals surface area (Å²) < 4.78 is 65.1. The Bertz CT molecular complexity index is 664. The Balaban J connectivity index is 1.63. The molecule has 0 spiro atoms. The van der Waals surface area contributed by atoms with E-state index in [1.165, 1.54) is 0 Å². The summed E-state index contributed by atoms with van der Waals surface area (Å²) in [6.07, 6.45) is 4.40. The van der Waals surface area contributed by atoms with Gasteiger partial charge in [-0.05, 0) is 32.1 Å². The molecule has 0 aromatic heterocycles. The van der Waals surface area contributed by atoms with Crippen molar-refractivity contribution in [3.8, 4) is 0 Å². The average Bonchev–Trinajstić information content (AvgIpc) is 3.06. The van der Waals surface area contributed by atoms with E-state index in [2.05, 4.69) is 0 Å². The second-order valence-electron chi connectivity index (χ2n) is 10.00. The molecule has 1 unspecified atom stereocenters. The fraction of sp³-hybridized carbons (Fsp3) is 0.935. The van der Waals surface area contributed by atoms with Gasteiger partial charge in [0.15, 0.2) is 6.29 Å². The summed E-state index contributed by atoms with van der Waals surface area (Å²) in [5.74, 6) is -1.21. The maximum Gasteiger partial charge on any atom is 0.305 e. The third kappa shape index (κ3) is 32.4. The first kappa shape index (κ1) is 42.5. The number of hydrogen-bond donors (Lipinski definition) is 1. The summed E-state index contributed by atoms with van der Waals surface area (Å²) >= 11 is 0. The van der Waals surface area contributed by atoms with E-state index in [9.17, 15) is 9.59 Å². The molecule has 1 aliphatic rings. The van der Waals surface area contributed by atoms with Gasteiger partial charge in [0.25, 0.3) is 0 Å². The van der Waals surface area contributed by atoms with Crippen LogP contribution in [0.25, 0.3) is 0 Å². The lowest BCUT2D eigenvalue weighted by Crippen LogP contribution is -2.24. The highest BCUT2D eigenvalue weighted by Gasteiger charge is 2.13. The van der Waals surface area contributed by atoms with Gasteiger partial charge in [0, 0.05) is 19.4 Å². The van der Waals surface area contributed by atoms with Gasteiger partial charge in [-0.3, -0.25) is 9.59 Å². The molecule has 46 heavy (non-hydrogen) atoms. The first-order valence-electron chi connectivity index (χ1n) is 16.5. The second-order valence-corrected chi connectivity index (χ2v) is 10.00. The van der Waals surface area contributed by atoms with Crippen molar-refractivity contribution in [3.05, 3.63) is 0 Å². The molecule has 1 saturated heterocycles. The summed E-state index contributed by atoms with van der Waals surface area (Å²) in [7, 11) is 0. The number of carbonyl (C=O) groups is 2. The highest BCUT2D eigenvalue weighted by Crippen LogP contribution is 2.13. The number of carboxylic acid groups (broad SMARTS) is 1. The van der Waals surface area contributed by atoms with E-state index in [-0.39, 0.29) is 38.3 Å². The number of esters is 1. The second kappa shape index (κ2) is 34.8. The van der Waals surface area contributed by atoms with E-state index in [0.29, 0.717) is 132 Å². The molecule has 1 N–H and O–H groups in total. The van der Waals surface area contributed by atoms with Crippen molar-refractivity contribution >= 4 is 11.9 Å². The molecule has 1 aliphatic heterocycles. The van der Waals surface area contributed by atoms with Gasteiger partial charge in [-0.2, -0.15) is 0 Å². The zero-order chi connectivity index (χ0) is 33.0. The first-order chi connectivity index (χ1) is 22.7. The molecule has 272 valence electrons. The van der Waals surface area contributed by atoms with Crippen LogP contribution in [0.4, 0.5) is 0 Å². The Labute approximate surface area is 273 Å². The highest BCUT2D eigenvalue weighted by atomic mass is 16.7. The molecule has 15 nitrogen and oxygen atoms in total. The first-order valence-corrected chi connectivity index (χ1v) is 16.5. The number of aliphatic carboxylic acids is 1. The lowest BCUT2D eigenvalue weighted by atomic mass is 10.2. The van der Waals surface area contributed by atoms with Crippen molar-refractivity contribution in [1.82, 2.24) is 0 Å². The minimum atomic E-state index is -0.862. The lowest BCUT2D eigenvalue weighted by molar-refractivity contribution is -0.169. The molecule has 0 saturated carbocycles. The number of hydrogen-bond acceptors (Lipinski definition) is 14. The zero-order valence-electron chi connectivity index (χ0n) is 27.5. The quantitative estimate of drug-likeness (QED) is 0.0758. The Kier molecular flexibility index (Phi) is 32.2. The fourth-order valence-corrected chi connectivity index (χ4v) is 3.77. The van der Waals surface area contributed by atoms with Crippen LogP contribution < -0.4 is 0 Å². The van der Waals surface area contributed by atoms with Crippen molar-refractivity contribution in [1.29, 1.82) is 0 Å². The minimum Gasteiger partial charge on any atom is -0.481 e. The third-order valence-electron chi connectivity index (χ3n) is 6.16. The van der Waals surface area contributed by atoms with Crippen LogP contribution in [-0.4, -0.2) is 162 Å². The molecule has 1 fully saturated rings. The molecule has 1 heterocycles. The molecule has 15 heteroatoms. The van der Waals surface area contributed by atoms with Gasteiger partial charge >= 0.3 is 11.9 Å². The van der Waals surface area contributed by atoms with Crippen LogP contribution in [0, 0.1) is 0 Å².